The number of ether oxygens (including phenoxy) is 1. The van der Waals surface area contributed by atoms with Gasteiger partial charge in [0.2, 0.25) is 0 Å². The molecule has 32 heavy (non-hydrogen) atoms. The van der Waals surface area contributed by atoms with Crippen LogP contribution in [0, 0.1) is 5.82 Å². The summed E-state index contributed by atoms with van der Waals surface area (Å²) in [5.41, 5.74) is 6.97. The molecule has 0 spiro atoms. The molecule has 4 rings (SSSR count). The molecule has 0 aliphatic rings. The summed E-state index contributed by atoms with van der Waals surface area (Å²) in [7, 11) is 0. The van der Waals surface area contributed by atoms with Gasteiger partial charge in [-0.2, -0.15) is 0 Å². The lowest BCUT2D eigenvalue weighted by molar-refractivity contribution is 0.102. The van der Waals surface area contributed by atoms with Crippen LogP contribution in [-0.4, -0.2) is 15.9 Å². The average molecular weight is 450 g/mol. The number of aromatic nitrogens is 2. The fourth-order valence-corrected chi connectivity index (χ4v) is 3.00. The molecule has 0 aliphatic carbocycles. The Bertz CT molecular complexity index is 1270. The number of hydrogen-bond donors (Lipinski definition) is 3. The van der Waals surface area contributed by atoms with Crippen molar-refractivity contribution < 1.29 is 13.9 Å². The summed E-state index contributed by atoms with van der Waals surface area (Å²) in [4.78, 5) is 20.7. The zero-order valence-electron chi connectivity index (χ0n) is 16.5. The molecule has 2 heterocycles. The fourth-order valence-electron chi connectivity index (χ4n) is 2.84. The Morgan fingerprint density at radius 1 is 0.938 bits per heavy atom. The van der Waals surface area contributed by atoms with Crippen LogP contribution < -0.4 is 21.1 Å². The van der Waals surface area contributed by atoms with E-state index in [1.807, 2.05) is 18.2 Å². The van der Waals surface area contributed by atoms with Crippen LogP contribution in [-0.2, 0) is 0 Å². The summed E-state index contributed by atoms with van der Waals surface area (Å²) in [6, 6.07) is 18.0. The molecule has 0 saturated heterocycles. The molecule has 0 atom stereocenters. The van der Waals surface area contributed by atoms with E-state index in [2.05, 4.69) is 20.6 Å². The van der Waals surface area contributed by atoms with Gasteiger partial charge in [0.25, 0.3) is 5.91 Å². The van der Waals surface area contributed by atoms with Crippen molar-refractivity contribution >= 4 is 40.5 Å². The number of nitrogens with zero attached hydrogens (tertiary/aromatic N) is 2. The van der Waals surface area contributed by atoms with Gasteiger partial charge >= 0.3 is 0 Å². The van der Waals surface area contributed by atoms with Crippen LogP contribution in [0.3, 0.4) is 0 Å². The Morgan fingerprint density at radius 2 is 1.75 bits per heavy atom. The predicted octanol–water partition coefficient (Wildman–Crippen LogP) is 5.64. The number of hydrogen-bond acceptors (Lipinski definition) is 6. The first-order valence-corrected chi connectivity index (χ1v) is 9.85. The van der Waals surface area contributed by atoms with Crippen LogP contribution >= 0.6 is 11.6 Å². The molecule has 9 heteroatoms. The van der Waals surface area contributed by atoms with E-state index in [0.29, 0.717) is 16.9 Å². The molecule has 0 radical (unpaired) electrons. The van der Waals surface area contributed by atoms with E-state index < -0.39 is 5.82 Å². The lowest BCUT2D eigenvalue weighted by Crippen LogP contribution is -2.14. The number of anilines is 4. The van der Waals surface area contributed by atoms with Gasteiger partial charge in [-0.3, -0.25) is 4.79 Å². The quantitative estimate of drug-likeness (QED) is 0.352. The Balaban J connectivity index is 1.53. The largest absolute Gasteiger partial charge is 0.453 e. The highest BCUT2D eigenvalue weighted by atomic mass is 35.5. The first kappa shape index (κ1) is 21.1. The minimum absolute atomic E-state index is 0.0499. The summed E-state index contributed by atoms with van der Waals surface area (Å²) in [5.74, 6) is -0.502. The van der Waals surface area contributed by atoms with E-state index in [0.717, 1.165) is 0 Å². The van der Waals surface area contributed by atoms with Gasteiger partial charge in [-0.1, -0.05) is 29.8 Å². The van der Waals surface area contributed by atoms with E-state index in [1.165, 1.54) is 30.6 Å². The average Bonchev–Trinajstić information content (AvgIpc) is 2.79. The second-order valence-corrected chi connectivity index (χ2v) is 6.98. The minimum Gasteiger partial charge on any atom is -0.453 e. The number of carbonyl (C=O) groups excluding carboxylic acids is 1. The molecular weight excluding hydrogens is 433 g/mol. The molecule has 160 valence electrons. The van der Waals surface area contributed by atoms with Crippen LogP contribution in [0.1, 0.15) is 10.4 Å². The molecule has 2 aromatic heterocycles. The highest BCUT2D eigenvalue weighted by molar-refractivity contribution is 6.34. The fraction of sp³-hybridized carbons (Fsp3) is 0. The number of pyridine rings is 2. The molecule has 4 aromatic rings. The summed E-state index contributed by atoms with van der Waals surface area (Å²) >= 11 is 6.05. The van der Waals surface area contributed by atoms with Gasteiger partial charge in [0, 0.05) is 35.9 Å². The van der Waals surface area contributed by atoms with Crippen LogP contribution in [0.2, 0.25) is 5.02 Å². The Kier molecular flexibility index (Phi) is 6.14. The van der Waals surface area contributed by atoms with Gasteiger partial charge in [-0.25, -0.2) is 14.4 Å². The maximum atomic E-state index is 14.7. The van der Waals surface area contributed by atoms with Crippen LogP contribution in [0.5, 0.6) is 11.5 Å². The molecule has 1 amide bonds. The van der Waals surface area contributed by atoms with E-state index >= 15 is 0 Å². The van der Waals surface area contributed by atoms with Crippen LogP contribution in [0.4, 0.5) is 27.4 Å². The number of halogens is 2. The van der Waals surface area contributed by atoms with Crippen molar-refractivity contribution in [3.8, 4) is 11.5 Å². The number of carbonyl (C=O) groups is 1. The van der Waals surface area contributed by atoms with Crippen molar-refractivity contribution in [2.75, 3.05) is 16.4 Å². The van der Waals surface area contributed by atoms with Gasteiger partial charge < -0.3 is 21.1 Å². The van der Waals surface area contributed by atoms with Crippen molar-refractivity contribution in [2.24, 2.45) is 0 Å². The Labute approximate surface area is 188 Å². The second kappa shape index (κ2) is 9.32. The molecule has 2 aromatic carbocycles. The topological polar surface area (TPSA) is 102 Å². The highest BCUT2D eigenvalue weighted by Gasteiger charge is 2.15. The molecule has 0 aliphatic heterocycles. The third kappa shape index (κ3) is 4.76. The summed E-state index contributed by atoms with van der Waals surface area (Å²) in [5, 5.41) is 5.86. The molecular formula is C23H17ClFN5O2. The third-order valence-corrected chi connectivity index (χ3v) is 4.76. The summed E-state index contributed by atoms with van der Waals surface area (Å²) in [6.45, 7) is 0. The Hall–Kier alpha value is -4.17. The van der Waals surface area contributed by atoms with E-state index in [-0.39, 0.29) is 34.1 Å². The number of nitrogens with two attached hydrogens (primary N) is 1. The number of rotatable bonds is 6. The number of amides is 1. The molecule has 0 fully saturated rings. The maximum absolute atomic E-state index is 14.7. The highest BCUT2D eigenvalue weighted by Crippen LogP contribution is 2.34. The smallest absolute Gasteiger partial charge is 0.259 e. The van der Waals surface area contributed by atoms with Crippen molar-refractivity contribution in [1.82, 2.24) is 9.97 Å². The van der Waals surface area contributed by atoms with Crippen molar-refractivity contribution in [2.45, 2.75) is 0 Å². The first-order valence-electron chi connectivity index (χ1n) is 9.47. The molecule has 4 N–H and O–H groups in total. The summed E-state index contributed by atoms with van der Waals surface area (Å²) in [6.07, 6.45) is 2.94. The van der Waals surface area contributed by atoms with Gasteiger partial charge in [0.05, 0.1) is 5.56 Å². The van der Waals surface area contributed by atoms with Crippen LogP contribution in [0.15, 0.2) is 79.1 Å². The minimum atomic E-state index is -0.646. The maximum Gasteiger partial charge on any atom is 0.259 e. The van der Waals surface area contributed by atoms with Gasteiger partial charge in [0.15, 0.2) is 17.3 Å². The van der Waals surface area contributed by atoms with E-state index in [4.69, 9.17) is 22.1 Å². The second-order valence-electron chi connectivity index (χ2n) is 6.60. The van der Waals surface area contributed by atoms with E-state index in [9.17, 15) is 9.18 Å². The molecule has 7 nitrogen and oxygen atoms in total. The normalized spacial score (nSPS) is 10.4. The predicted molar refractivity (Wildman–Crippen MR) is 122 cm³/mol. The monoisotopic (exact) mass is 449 g/mol. The number of nitrogen functional groups attached to an aromatic ring is 1. The molecule has 0 saturated carbocycles. The zero-order chi connectivity index (χ0) is 22.5. The molecule has 0 unspecified atom stereocenters. The number of para-hydroxylation sites is 1. The number of nitrogens with one attached hydrogen (secondary N) is 2. The van der Waals surface area contributed by atoms with Crippen LogP contribution in [0.25, 0.3) is 0 Å². The van der Waals surface area contributed by atoms with E-state index in [1.54, 1.807) is 30.3 Å². The zero-order valence-corrected chi connectivity index (χ0v) is 17.3. The van der Waals surface area contributed by atoms with Gasteiger partial charge in [0.1, 0.15) is 16.7 Å². The van der Waals surface area contributed by atoms with Crippen molar-refractivity contribution in [3.63, 3.8) is 0 Å². The lowest BCUT2D eigenvalue weighted by Gasteiger charge is -2.13. The first-order chi connectivity index (χ1) is 15.5. The standard InChI is InChI=1S/C23H17ClFN5O2/c24-20-19(10-12-27-21(20)26)32-18-9-8-15(13-17(18)25)29-22-16(7-4-11-28-22)23(31)30-14-5-2-1-3-6-14/h1-13H,(H2,26,27)(H,28,29)(H,30,31). The molecule has 0 bridgehead atoms. The lowest BCUT2D eigenvalue weighted by atomic mass is 10.2. The summed E-state index contributed by atoms with van der Waals surface area (Å²) < 4.78 is 20.2. The Morgan fingerprint density at radius 3 is 2.53 bits per heavy atom. The van der Waals surface area contributed by atoms with Crippen molar-refractivity contribution in [3.05, 3.63) is 95.5 Å². The SMILES string of the molecule is Nc1nccc(Oc2ccc(Nc3ncccc3C(=O)Nc3ccccc3)cc2F)c1Cl. The third-order valence-electron chi connectivity index (χ3n) is 4.38. The number of benzene rings is 2. The van der Waals surface area contributed by atoms with Gasteiger partial charge in [-0.15, -0.1) is 0 Å². The van der Waals surface area contributed by atoms with Crippen molar-refractivity contribution in [1.29, 1.82) is 0 Å². The van der Waals surface area contributed by atoms with Gasteiger partial charge in [-0.05, 0) is 36.4 Å².